The minimum absolute atomic E-state index is 0.315. The van der Waals surface area contributed by atoms with Gasteiger partial charge in [0.1, 0.15) is 11.5 Å². The van der Waals surface area contributed by atoms with E-state index in [1.807, 2.05) is 43.3 Å². The predicted molar refractivity (Wildman–Crippen MR) is 130 cm³/mol. The number of thiocarbonyl (C=S) groups is 1. The maximum absolute atomic E-state index is 12.6. The molecule has 31 heavy (non-hydrogen) atoms. The number of carbonyl (C=O) groups is 1. The molecule has 0 heterocycles. The molecule has 0 radical (unpaired) electrons. The van der Waals surface area contributed by atoms with Crippen LogP contribution in [0.3, 0.4) is 0 Å². The zero-order chi connectivity index (χ0) is 22.2. The zero-order valence-corrected chi connectivity index (χ0v) is 19.3. The molecule has 0 amide bonds. The molecule has 0 unspecified atom stereocenters. The van der Waals surface area contributed by atoms with Crippen molar-refractivity contribution in [2.45, 2.75) is 6.92 Å². The Labute approximate surface area is 194 Å². The number of halogens is 1. The second kappa shape index (κ2) is 10.7. The number of hydrazone groups is 1. The van der Waals surface area contributed by atoms with Gasteiger partial charge in [-0.05, 0) is 73.2 Å². The molecule has 8 heteroatoms. The molecule has 0 spiro atoms. The van der Waals surface area contributed by atoms with Gasteiger partial charge in [-0.3, -0.25) is 5.43 Å². The molecule has 3 aromatic rings. The topological polar surface area (TPSA) is 71.9 Å². The second-order valence-corrected chi connectivity index (χ2v) is 7.76. The molecule has 0 aliphatic heterocycles. The summed E-state index contributed by atoms with van der Waals surface area (Å²) in [7, 11) is 1.61. The van der Waals surface area contributed by atoms with Crippen LogP contribution in [0.4, 0.5) is 5.69 Å². The number of nitrogens with zero attached hydrogens (tertiary/aromatic N) is 1. The number of hydrogen-bond donors (Lipinski definition) is 2. The lowest BCUT2D eigenvalue weighted by Gasteiger charge is -2.10. The molecule has 0 saturated carbocycles. The Kier molecular flexibility index (Phi) is 7.75. The molecular weight excluding hydrogens is 478 g/mol. The highest BCUT2D eigenvalue weighted by atomic mass is 79.9. The normalized spacial score (nSPS) is 10.5. The van der Waals surface area contributed by atoms with Gasteiger partial charge in [0.15, 0.2) is 5.11 Å². The Morgan fingerprint density at radius 3 is 2.55 bits per heavy atom. The number of esters is 1. The standard InChI is InChI=1S/C23H20BrN3O3S/c1-15-5-3-4-6-20(15)22(28)30-21-12-7-17(24)13-16(21)14-25-27-23(31)26-18-8-10-19(29-2)11-9-18/h3-14H,1-2H3,(H2,26,27,31)/b25-14-. The number of rotatable bonds is 6. The summed E-state index contributed by atoms with van der Waals surface area (Å²) in [6.45, 7) is 1.86. The quantitative estimate of drug-likeness (QED) is 0.158. The first-order valence-electron chi connectivity index (χ1n) is 9.28. The van der Waals surface area contributed by atoms with Crippen LogP contribution < -0.4 is 20.2 Å². The highest BCUT2D eigenvalue weighted by Crippen LogP contribution is 2.23. The molecule has 2 N–H and O–H groups in total. The second-order valence-electron chi connectivity index (χ2n) is 6.44. The number of ether oxygens (including phenoxy) is 2. The number of methoxy groups -OCH3 is 1. The van der Waals surface area contributed by atoms with Gasteiger partial charge in [0.05, 0.1) is 18.9 Å². The van der Waals surface area contributed by atoms with Crippen LogP contribution in [0.15, 0.2) is 76.3 Å². The summed E-state index contributed by atoms with van der Waals surface area (Å²) in [5.41, 5.74) is 5.51. The van der Waals surface area contributed by atoms with Gasteiger partial charge in [0.2, 0.25) is 0 Å². The first-order valence-corrected chi connectivity index (χ1v) is 10.5. The van der Waals surface area contributed by atoms with Crippen molar-refractivity contribution in [3.05, 3.63) is 87.9 Å². The Morgan fingerprint density at radius 1 is 1.10 bits per heavy atom. The third-order valence-electron chi connectivity index (χ3n) is 4.26. The molecule has 3 aromatic carbocycles. The number of benzene rings is 3. The van der Waals surface area contributed by atoms with Gasteiger partial charge in [0, 0.05) is 15.7 Å². The first kappa shape index (κ1) is 22.5. The molecule has 6 nitrogen and oxygen atoms in total. The minimum Gasteiger partial charge on any atom is -0.497 e. The van der Waals surface area contributed by atoms with Crippen LogP contribution in [-0.4, -0.2) is 24.4 Å². The number of carbonyl (C=O) groups excluding carboxylic acids is 1. The summed E-state index contributed by atoms with van der Waals surface area (Å²) in [4.78, 5) is 12.6. The smallest absolute Gasteiger partial charge is 0.343 e. The summed E-state index contributed by atoms with van der Waals surface area (Å²) in [6, 6.07) is 19.9. The lowest BCUT2D eigenvalue weighted by atomic mass is 10.1. The summed E-state index contributed by atoms with van der Waals surface area (Å²) in [6.07, 6.45) is 1.53. The molecule has 0 atom stereocenters. The lowest BCUT2D eigenvalue weighted by Crippen LogP contribution is -2.23. The van der Waals surface area contributed by atoms with Gasteiger partial charge >= 0.3 is 5.97 Å². The molecule has 0 bridgehead atoms. The van der Waals surface area contributed by atoms with Crippen molar-refractivity contribution in [3.8, 4) is 11.5 Å². The molecular formula is C23H20BrN3O3S. The van der Waals surface area contributed by atoms with Crippen molar-refractivity contribution < 1.29 is 14.3 Å². The van der Waals surface area contributed by atoms with E-state index in [4.69, 9.17) is 21.7 Å². The first-order chi connectivity index (χ1) is 15.0. The van der Waals surface area contributed by atoms with Crippen LogP contribution in [0.1, 0.15) is 21.5 Å². The van der Waals surface area contributed by atoms with Gasteiger partial charge in [-0.2, -0.15) is 5.10 Å². The van der Waals surface area contributed by atoms with Crippen molar-refractivity contribution in [2.75, 3.05) is 12.4 Å². The SMILES string of the molecule is COc1ccc(NC(=S)N/N=C\c2cc(Br)ccc2OC(=O)c2ccccc2C)cc1. The van der Waals surface area contributed by atoms with E-state index in [2.05, 4.69) is 31.8 Å². The van der Waals surface area contributed by atoms with E-state index in [0.717, 1.165) is 21.5 Å². The van der Waals surface area contributed by atoms with E-state index in [0.29, 0.717) is 22.0 Å². The Hall–Kier alpha value is -3.23. The van der Waals surface area contributed by atoms with Crippen molar-refractivity contribution in [1.82, 2.24) is 5.43 Å². The fourth-order valence-electron chi connectivity index (χ4n) is 2.66. The molecule has 0 fully saturated rings. The number of anilines is 1. The van der Waals surface area contributed by atoms with E-state index in [9.17, 15) is 4.79 Å². The van der Waals surface area contributed by atoms with Crippen LogP contribution in [0, 0.1) is 6.92 Å². The third-order valence-corrected chi connectivity index (χ3v) is 4.94. The fourth-order valence-corrected chi connectivity index (χ4v) is 3.21. The van der Waals surface area contributed by atoms with Crippen LogP contribution in [0.2, 0.25) is 0 Å². The fraction of sp³-hybridized carbons (Fsp3) is 0.0870. The Bertz CT molecular complexity index is 1120. The molecule has 158 valence electrons. The molecule has 0 aliphatic rings. The largest absolute Gasteiger partial charge is 0.497 e. The van der Waals surface area contributed by atoms with Crippen molar-refractivity contribution >= 4 is 51.1 Å². The highest BCUT2D eigenvalue weighted by Gasteiger charge is 2.13. The maximum atomic E-state index is 12.6. The Morgan fingerprint density at radius 2 is 1.84 bits per heavy atom. The van der Waals surface area contributed by atoms with E-state index >= 15 is 0 Å². The van der Waals surface area contributed by atoms with Crippen molar-refractivity contribution in [3.63, 3.8) is 0 Å². The molecule has 0 aromatic heterocycles. The van der Waals surface area contributed by atoms with E-state index in [1.165, 1.54) is 6.21 Å². The summed E-state index contributed by atoms with van der Waals surface area (Å²) in [5, 5.41) is 7.49. The average Bonchev–Trinajstić information content (AvgIpc) is 2.76. The maximum Gasteiger partial charge on any atom is 0.343 e. The van der Waals surface area contributed by atoms with Gasteiger partial charge in [-0.25, -0.2) is 4.79 Å². The van der Waals surface area contributed by atoms with Gasteiger partial charge in [-0.1, -0.05) is 34.1 Å². The van der Waals surface area contributed by atoms with Crippen LogP contribution in [0.5, 0.6) is 11.5 Å². The van der Waals surface area contributed by atoms with Crippen LogP contribution in [-0.2, 0) is 0 Å². The van der Waals surface area contributed by atoms with Crippen LogP contribution in [0.25, 0.3) is 0 Å². The van der Waals surface area contributed by atoms with Gasteiger partial charge in [0.25, 0.3) is 0 Å². The summed E-state index contributed by atoms with van der Waals surface area (Å²) in [5.74, 6) is 0.709. The zero-order valence-electron chi connectivity index (χ0n) is 16.9. The lowest BCUT2D eigenvalue weighted by molar-refractivity contribution is 0.0733. The monoisotopic (exact) mass is 497 g/mol. The van der Waals surface area contributed by atoms with E-state index in [1.54, 1.807) is 37.4 Å². The highest BCUT2D eigenvalue weighted by molar-refractivity contribution is 9.10. The van der Waals surface area contributed by atoms with Crippen LogP contribution >= 0.6 is 28.1 Å². The average molecular weight is 498 g/mol. The predicted octanol–water partition coefficient (Wildman–Crippen LogP) is 5.31. The molecule has 0 aliphatic carbocycles. The van der Waals surface area contributed by atoms with Gasteiger partial charge < -0.3 is 14.8 Å². The van der Waals surface area contributed by atoms with Gasteiger partial charge in [-0.15, -0.1) is 0 Å². The van der Waals surface area contributed by atoms with E-state index < -0.39 is 5.97 Å². The molecule has 0 saturated heterocycles. The van der Waals surface area contributed by atoms with E-state index in [-0.39, 0.29) is 0 Å². The molecule has 3 rings (SSSR count). The summed E-state index contributed by atoms with van der Waals surface area (Å²) >= 11 is 8.68. The summed E-state index contributed by atoms with van der Waals surface area (Å²) < 4.78 is 11.6. The number of aryl methyl sites for hydroxylation is 1. The third kappa shape index (κ3) is 6.37. The van der Waals surface area contributed by atoms with Crippen molar-refractivity contribution in [1.29, 1.82) is 0 Å². The number of nitrogens with one attached hydrogen (secondary N) is 2. The number of hydrogen-bond acceptors (Lipinski definition) is 5. The minimum atomic E-state index is -0.431. The Balaban J connectivity index is 1.67. The van der Waals surface area contributed by atoms with Crippen molar-refractivity contribution in [2.24, 2.45) is 5.10 Å².